The number of halogens is 1. The average molecular weight is 344 g/mol. The lowest BCUT2D eigenvalue weighted by Gasteiger charge is -2.34. The van der Waals surface area contributed by atoms with Crippen LogP contribution in [0.15, 0.2) is 42.5 Å². The van der Waals surface area contributed by atoms with Gasteiger partial charge in [-0.3, -0.25) is 4.79 Å². The molecule has 0 N–H and O–H groups in total. The maximum atomic E-state index is 12.7. The molecule has 0 aliphatic carbocycles. The highest BCUT2D eigenvalue weighted by Crippen LogP contribution is 2.30. The number of nitrogens with zero attached hydrogens (tertiary/aromatic N) is 1. The number of Topliss-reactive ketones (excluding diaryl/α,β-unsaturated/α-hetero) is 1. The van der Waals surface area contributed by atoms with E-state index in [1.165, 1.54) is 11.3 Å². The summed E-state index contributed by atoms with van der Waals surface area (Å²) < 4.78 is 5.15. The molecule has 0 radical (unpaired) electrons. The third-order valence-electron chi connectivity index (χ3n) is 4.75. The second kappa shape index (κ2) is 7.27. The first-order valence-electron chi connectivity index (χ1n) is 8.28. The van der Waals surface area contributed by atoms with Gasteiger partial charge in [0.2, 0.25) is 0 Å². The van der Waals surface area contributed by atoms with Crippen LogP contribution in [-0.4, -0.2) is 26.0 Å². The Morgan fingerprint density at radius 3 is 2.42 bits per heavy atom. The third kappa shape index (κ3) is 3.57. The number of anilines is 1. The maximum Gasteiger partial charge on any atom is 0.166 e. The van der Waals surface area contributed by atoms with Gasteiger partial charge in [0.05, 0.1) is 7.11 Å². The van der Waals surface area contributed by atoms with Crippen LogP contribution in [0.2, 0.25) is 5.02 Å². The minimum absolute atomic E-state index is 0.0918. The lowest BCUT2D eigenvalue weighted by atomic mass is 9.88. The van der Waals surface area contributed by atoms with E-state index in [1.807, 2.05) is 42.5 Å². The van der Waals surface area contributed by atoms with Gasteiger partial charge in [-0.2, -0.15) is 0 Å². The van der Waals surface area contributed by atoms with Crippen molar-refractivity contribution in [1.29, 1.82) is 0 Å². The van der Waals surface area contributed by atoms with Gasteiger partial charge in [0.1, 0.15) is 5.75 Å². The summed E-state index contributed by atoms with van der Waals surface area (Å²) >= 11 is 6.13. The fourth-order valence-corrected chi connectivity index (χ4v) is 3.46. The number of carbonyl (C=O) groups excluding carboxylic acids is 1. The van der Waals surface area contributed by atoms with Gasteiger partial charge in [-0.05, 0) is 61.7 Å². The van der Waals surface area contributed by atoms with E-state index in [1.54, 1.807) is 7.11 Å². The molecule has 0 amide bonds. The van der Waals surface area contributed by atoms with Crippen molar-refractivity contribution in [2.45, 2.75) is 19.8 Å². The van der Waals surface area contributed by atoms with Crippen molar-refractivity contribution in [2.24, 2.45) is 5.92 Å². The molecule has 1 aliphatic heterocycles. The van der Waals surface area contributed by atoms with Gasteiger partial charge < -0.3 is 9.64 Å². The summed E-state index contributed by atoms with van der Waals surface area (Å²) in [6.07, 6.45) is 1.74. The van der Waals surface area contributed by atoms with E-state index >= 15 is 0 Å². The first-order valence-corrected chi connectivity index (χ1v) is 8.65. The van der Waals surface area contributed by atoms with E-state index in [-0.39, 0.29) is 11.7 Å². The standard InChI is InChI=1S/C20H22ClNO2/c1-14-3-6-17(21)13-19(14)22-11-9-16(10-12-22)20(23)15-4-7-18(24-2)8-5-15/h3-8,13,16H,9-12H2,1-2H3. The molecular formula is C20H22ClNO2. The number of piperidine rings is 1. The van der Waals surface area contributed by atoms with Crippen LogP contribution in [0.4, 0.5) is 5.69 Å². The molecule has 2 aromatic rings. The first-order chi connectivity index (χ1) is 11.6. The molecule has 1 heterocycles. The van der Waals surface area contributed by atoms with E-state index in [0.29, 0.717) is 0 Å². The van der Waals surface area contributed by atoms with Crippen LogP contribution in [0, 0.1) is 12.8 Å². The molecule has 0 atom stereocenters. The van der Waals surface area contributed by atoms with Crippen LogP contribution in [0.25, 0.3) is 0 Å². The molecule has 1 saturated heterocycles. The lowest BCUT2D eigenvalue weighted by molar-refractivity contribution is 0.0900. The molecule has 1 aliphatic rings. The molecule has 0 saturated carbocycles. The van der Waals surface area contributed by atoms with E-state index in [0.717, 1.165) is 42.3 Å². The predicted octanol–water partition coefficient (Wildman–Crippen LogP) is 4.76. The van der Waals surface area contributed by atoms with Gasteiger partial charge in [0.15, 0.2) is 5.78 Å². The van der Waals surface area contributed by atoms with Crippen LogP contribution < -0.4 is 9.64 Å². The number of hydrogen-bond donors (Lipinski definition) is 0. The van der Waals surface area contributed by atoms with E-state index in [9.17, 15) is 4.79 Å². The zero-order valence-corrected chi connectivity index (χ0v) is 14.8. The number of hydrogen-bond acceptors (Lipinski definition) is 3. The normalized spacial score (nSPS) is 15.4. The van der Waals surface area contributed by atoms with Crippen LogP contribution in [-0.2, 0) is 0 Å². The molecular weight excluding hydrogens is 322 g/mol. The topological polar surface area (TPSA) is 29.5 Å². The lowest BCUT2D eigenvalue weighted by Crippen LogP contribution is -2.36. The number of methoxy groups -OCH3 is 1. The van der Waals surface area contributed by atoms with Crippen LogP contribution in [0.1, 0.15) is 28.8 Å². The highest BCUT2D eigenvalue weighted by Gasteiger charge is 2.26. The molecule has 0 aromatic heterocycles. The van der Waals surface area contributed by atoms with Crippen molar-refractivity contribution >= 4 is 23.1 Å². The summed E-state index contributed by atoms with van der Waals surface area (Å²) in [6.45, 7) is 3.86. The number of aryl methyl sites for hydroxylation is 1. The maximum absolute atomic E-state index is 12.7. The molecule has 2 aromatic carbocycles. The molecule has 1 fully saturated rings. The number of rotatable bonds is 4. The van der Waals surface area contributed by atoms with Gasteiger partial charge in [0, 0.05) is 35.3 Å². The highest BCUT2D eigenvalue weighted by molar-refractivity contribution is 6.30. The van der Waals surface area contributed by atoms with Gasteiger partial charge in [-0.15, -0.1) is 0 Å². The Bertz CT molecular complexity index is 719. The van der Waals surface area contributed by atoms with Gasteiger partial charge in [-0.1, -0.05) is 17.7 Å². The number of ether oxygens (including phenoxy) is 1. The average Bonchev–Trinajstić information content (AvgIpc) is 2.63. The monoisotopic (exact) mass is 343 g/mol. The number of carbonyl (C=O) groups is 1. The Morgan fingerprint density at radius 2 is 1.79 bits per heavy atom. The van der Waals surface area contributed by atoms with Crippen LogP contribution >= 0.6 is 11.6 Å². The summed E-state index contributed by atoms with van der Waals surface area (Å²) in [5.41, 5.74) is 3.17. The van der Waals surface area contributed by atoms with Crippen molar-refractivity contribution < 1.29 is 9.53 Å². The SMILES string of the molecule is COc1ccc(C(=O)C2CCN(c3cc(Cl)ccc3C)CC2)cc1. The molecule has 24 heavy (non-hydrogen) atoms. The van der Waals surface area contributed by atoms with E-state index in [2.05, 4.69) is 11.8 Å². The summed E-state index contributed by atoms with van der Waals surface area (Å²) in [6, 6.07) is 13.4. The summed E-state index contributed by atoms with van der Waals surface area (Å²) in [5.74, 6) is 1.10. The fraction of sp³-hybridized carbons (Fsp3) is 0.350. The molecule has 0 unspecified atom stereocenters. The van der Waals surface area contributed by atoms with Crippen molar-refractivity contribution in [3.8, 4) is 5.75 Å². The Balaban J connectivity index is 1.65. The molecule has 4 heteroatoms. The molecule has 0 bridgehead atoms. The molecule has 126 valence electrons. The Morgan fingerprint density at radius 1 is 1.12 bits per heavy atom. The Kier molecular flexibility index (Phi) is 5.10. The predicted molar refractivity (Wildman–Crippen MR) is 98.5 cm³/mol. The van der Waals surface area contributed by atoms with Crippen molar-refractivity contribution in [3.63, 3.8) is 0 Å². The minimum atomic E-state index is 0.0918. The van der Waals surface area contributed by atoms with Crippen molar-refractivity contribution in [3.05, 3.63) is 58.6 Å². The zero-order chi connectivity index (χ0) is 17.1. The fourth-order valence-electron chi connectivity index (χ4n) is 3.30. The summed E-state index contributed by atoms with van der Waals surface area (Å²) in [4.78, 5) is 15.0. The van der Waals surface area contributed by atoms with E-state index < -0.39 is 0 Å². The summed E-state index contributed by atoms with van der Waals surface area (Å²) in [7, 11) is 1.63. The Labute approximate surface area is 148 Å². The van der Waals surface area contributed by atoms with Gasteiger partial charge >= 0.3 is 0 Å². The summed E-state index contributed by atoms with van der Waals surface area (Å²) in [5, 5.41) is 0.757. The number of benzene rings is 2. The van der Waals surface area contributed by atoms with Gasteiger partial charge in [-0.25, -0.2) is 0 Å². The molecule has 3 rings (SSSR count). The van der Waals surface area contributed by atoms with Crippen molar-refractivity contribution in [2.75, 3.05) is 25.1 Å². The largest absolute Gasteiger partial charge is 0.497 e. The highest BCUT2D eigenvalue weighted by atomic mass is 35.5. The Hall–Kier alpha value is -2.00. The van der Waals surface area contributed by atoms with Gasteiger partial charge in [0.25, 0.3) is 0 Å². The van der Waals surface area contributed by atoms with E-state index in [4.69, 9.17) is 16.3 Å². The second-order valence-electron chi connectivity index (χ2n) is 6.28. The number of ketones is 1. The molecule has 0 spiro atoms. The quantitative estimate of drug-likeness (QED) is 0.750. The first kappa shape index (κ1) is 16.8. The van der Waals surface area contributed by atoms with Crippen molar-refractivity contribution in [1.82, 2.24) is 0 Å². The zero-order valence-electron chi connectivity index (χ0n) is 14.1. The second-order valence-corrected chi connectivity index (χ2v) is 6.72. The third-order valence-corrected chi connectivity index (χ3v) is 4.99. The van der Waals surface area contributed by atoms with Crippen LogP contribution in [0.3, 0.4) is 0 Å². The molecule has 3 nitrogen and oxygen atoms in total. The minimum Gasteiger partial charge on any atom is -0.497 e. The smallest absolute Gasteiger partial charge is 0.166 e. The van der Waals surface area contributed by atoms with Crippen LogP contribution in [0.5, 0.6) is 5.75 Å².